The Balaban J connectivity index is 1.36. The molecule has 178 valence electrons. The van der Waals surface area contributed by atoms with Gasteiger partial charge in [0.25, 0.3) is 11.8 Å². The van der Waals surface area contributed by atoms with Crippen molar-refractivity contribution in [1.29, 1.82) is 0 Å². The number of amides is 2. The Morgan fingerprint density at radius 2 is 1.79 bits per heavy atom. The number of carbonyl (C=O) groups excluding carboxylic acids is 2. The maximum absolute atomic E-state index is 13.0. The molecular weight excluding hydrogens is 436 g/mol. The van der Waals surface area contributed by atoms with E-state index in [0.29, 0.717) is 49.8 Å². The van der Waals surface area contributed by atoms with Crippen molar-refractivity contribution in [2.24, 2.45) is 0 Å². The second-order valence-corrected chi connectivity index (χ2v) is 7.91. The van der Waals surface area contributed by atoms with Crippen molar-refractivity contribution in [1.82, 2.24) is 20.0 Å². The van der Waals surface area contributed by atoms with Crippen LogP contribution >= 0.6 is 0 Å². The van der Waals surface area contributed by atoms with Crippen LogP contribution in [0.25, 0.3) is 0 Å². The predicted octanol–water partition coefficient (Wildman–Crippen LogP) is 2.54. The minimum absolute atomic E-state index is 0.147. The molecule has 0 unspecified atom stereocenters. The second kappa shape index (κ2) is 10.3. The van der Waals surface area contributed by atoms with Gasteiger partial charge in [0.1, 0.15) is 11.4 Å². The topological polar surface area (TPSA) is 94.9 Å². The van der Waals surface area contributed by atoms with Crippen LogP contribution in [0.1, 0.15) is 32.1 Å². The zero-order valence-electron chi connectivity index (χ0n) is 19.5. The summed E-state index contributed by atoms with van der Waals surface area (Å²) >= 11 is 0. The van der Waals surface area contributed by atoms with Crippen LogP contribution in [-0.2, 0) is 19.5 Å². The van der Waals surface area contributed by atoms with E-state index in [2.05, 4.69) is 10.4 Å². The standard InChI is InChI=1S/C25H28N4O5/c1-32-19-6-4-5-18(13-19)16-28-11-12-29-21(25(28)31)15-20(27-29)24(30)26-10-9-17-7-8-22(33-2)23(14-17)34-3/h4-8,13-15H,9-12,16H2,1-3H3,(H,26,30). The van der Waals surface area contributed by atoms with Crippen molar-refractivity contribution in [3.8, 4) is 17.2 Å². The third-order valence-electron chi connectivity index (χ3n) is 5.76. The van der Waals surface area contributed by atoms with E-state index in [0.717, 1.165) is 16.9 Å². The molecule has 2 heterocycles. The summed E-state index contributed by atoms with van der Waals surface area (Å²) in [5.74, 6) is 1.59. The van der Waals surface area contributed by atoms with Gasteiger partial charge in [-0.1, -0.05) is 18.2 Å². The minimum atomic E-state index is -0.311. The van der Waals surface area contributed by atoms with Gasteiger partial charge in [-0.2, -0.15) is 5.10 Å². The molecule has 34 heavy (non-hydrogen) atoms. The predicted molar refractivity (Wildman–Crippen MR) is 126 cm³/mol. The lowest BCUT2D eigenvalue weighted by Gasteiger charge is -2.27. The average molecular weight is 465 g/mol. The molecule has 0 saturated heterocycles. The number of hydrogen-bond acceptors (Lipinski definition) is 6. The van der Waals surface area contributed by atoms with Gasteiger partial charge in [-0.25, -0.2) is 0 Å². The number of carbonyl (C=O) groups is 2. The number of nitrogens with zero attached hydrogens (tertiary/aromatic N) is 3. The molecule has 9 heteroatoms. The quantitative estimate of drug-likeness (QED) is 0.523. The van der Waals surface area contributed by atoms with Crippen LogP contribution in [0.15, 0.2) is 48.5 Å². The number of aromatic nitrogens is 2. The number of fused-ring (bicyclic) bond motifs is 1. The molecule has 1 N–H and O–H groups in total. The van der Waals surface area contributed by atoms with Crippen molar-refractivity contribution < 1.29 is 23.8 Å². The number of rotatable bonds is 9. The third-order valence-corrected chi connectivity index (χ3v) is 5.76. The van der Waals surface area contributed by atoms with E-state index in [9.17, 15) is 9.59 Å². The van der Waals surface area contributed by atoms with Crippen LogP contribution < -0.4 is 19.5 Å². The van der Waals surface area contributed by atoms with Gasteiger partial charge < -0.3 is 24.4 Å². The second-order valence-electron chi connectivity index (χ2n) is 7.91. The summed E-state index contributed by atoms with van der Waals surface area (Å²) in [6.07, 6.45) is 0.618. The van der Waals surface area contributed by atoms with Crippen molar-refractivity contribution in [2.75, 3.05) is 34.4 Å². The maximum atomic E-state index is 13.0. The lowest BCUT2D eigenvalue weighted by atomic mass is 10.1. The van der Waals surface area contributed by atoms with Crippen LogP contribution in [0.3, 0.4) is 0 Å². The van der Waals surface area contributed by atoms with Gasteiger partial charge in [0.05, 0.1) is 27.9 Å². The Morgan fingerprint density at radius 3 is 2.56 bits per heavy atom. The van der Waals surface area contributed by atoms with E-state index in [-0.39, 0.29) is 17.5 Å². The summed E-state index contributed by atoms with van der Waals surface area (Å²) in [6.45, 7) is 1.94. The number of nitrogens with one attached hydrogen (secondary N) is 1. The summed E-state index contributed by atoms with van der Waals surface area (Å²) in [5.41, 5.74) is 2.64. The first-order valence-electron chi connectivity index (χ1n) is 11.0. The molecule has 3 aromatic rings. The van der Waals surface area contributed by atoms with E-state index in [1.807, 2.05) is 42.5 Å². The summed E-state index contributed by atoms with van der Waals surface area (Å²) in [7, 11) is 4.79. The van der Waals surface area contributed by atoms with Gasteiger partial charge in [-0.05, 0) is 41.8 Å². The van der Waals surface area contributed by atoms with Crippen LogP contribution in [-0.4, -0.2) is 60.9 Å². The summed E-state index contributed by atoms with van der Waals surface area (Å²) in [6, 6.07) is 14.8. The highest BCUT2D eigenvalue weighted by molar-refractivity contribution is 5.98. The number of hydrogen-bond donors (Lipinski definition) is 1. The summed E-state index contributed by atoms with van der Waals surface area (Å²) in [5, 5.41) is 7.22. The smallest absolute Gasteiger partial charge is 0.272 e. The highest BCUT2D eigenvalue weighted by Gasteiger charge is 2.28. The van der Waals surface area contributed by atoms with E-state index >= 15 is 0 Å². The lowest BCUT2D eigenvalue weighted by molar-refractivity contribution is 0.0683. The Morgan fingerprint density at radius 1 is 0.971 bits per heavy atom. The molecule has 0 saturated carbocycles. The molecular formula is C25H28N4O5. The van der Waals surface area contributed by atoms with Crippen molar-refractivity contribution in [3.63, 3.8) is 0 Å². The lowest BCUT2D eigenvalue weighted by Crippen LogP contribution is -2.39. The SMILES string of the molecule is COc1cccc(CN2CCn3nc(C(=O)NCCc4ccc(OC)c(OC)c4)cc3C2=O)c1. The molecule has 0 radical (unpaired) electrons. The number of methoxy groups -OCH3 is 3. The van der Waals surface area contributed by atoms with Gasteiger partial charge in [0.2, 0.25) is 0 Å². The number of ether oxygens (including phenoxy) is 3. The zero-order chi connectivity index (χ0) is 24.1. The van der Waals surface area contributed by atoms with E-state index in [4.69, 9.17) is 14.2 Å². The molecule has 0 atom stereocenters. The first-order chi connectivity index (χ1) is 16.5. The molecule has 2 aromatic carbocycles. The van der Waals surface area contributed by atoms with Crippen LogP contribution in [0, 0.1) is 0 Å². The molecule has 1 aliphatic rings. The highest BCUT2D eigenvalue weighted by Crippen LogP contribution is 2.27. The average Bonchev–Trinajstić information content (AvgIpc) is 3.31. The molecule has 4 rings (SSSR count). The summed E-state index contributed by atoms with van der Waals surface area (Å²) in [4.78, 5) is 27.4. The number of benzene rings is 2. The molecule has 0 bridgehead atoms. The minimum Gasteiger partial charge on any atom is -0.497 e. The van der Waals surface area contributed by atoms with Gasteiger partial charge >= 0.3 is 0 Å². The fourth-order valence-corrected chi connectivity index (χ4v) is 3.94. The normalized spacial score (nSPS) is 12.8. The maximum Gasteiger partial charge on any atom is 0.272 e. The van der Waals surface area contributed by atoms with E-state index in [1.165, 1.54) is 0 Å². The molecule has 0 spiro atoms. The first kappa shape index (κ1) is 23.2. The molecule has 1 aromatic heterocycles. The monoisotopic (exact) mass is 464 g/mol. The molecule has 0 fully saturated rings. The fourth-order valence-electron chi connectivity index (χ4n) is 3.94. The summed E-state index contributed by atoms with van der Waals surface area (Å²) < 4.78 is 17.4. The largest absolute Gasteiger partial charge is 0.497 e. The zero-order valence-corrected chi connectivity index (χ0v) is 19.5. The molecule has 0 aliphatic carbocycles. The molecule has 9 nitrogen and oxygen atoms in total. The molecule has 2 amide bonds. The van der Waals surface area contributed by atoms with Crippen molar-refractivity contribution in [3.05, 3.63) is 71.0 Å². The first-order valence-corrected chi connectivity index (χ1v) is 11.0. The van der Waals surface area contributed by atoms with Gasteiger partial charge in [-0.3, -0.25) is 14.3 Å². The Hall–Kier alpha value is -4.01. The van der Waals surface area contributed by atoms with E-state index < -0.39 is 0 Å². The van der Waals surface area contributed by atoms with Crippen LogP contribution in [0.4, 0.5) is 0 Å². The van der Waals surface area contributed by atoms with Crippen LogP contribution in [0.5, 0.6) is 17.2 Å². The van der Waals surface area contributed by atoms with Crippen molar-refractivity contribution >= 4 is 11.8 Å². The van der Waals surface area contributed by atoms with Gasteiger partial charge in [-0.15, -0.1) is 0 Å². The Kier molecular flexibility index (Phi) is 7.01. The molecule has 1 aliphatic heterocycles. The fraction of sp³-hybridized carbons (Fsp3) is 0.320. The van der Waals surface area contributed by atoms with Gasteiger partial charge in [0, 0.05) is 25.7 Å². The van der Waals surface area contributed by atoms with Crippen LogP contribution in [0.2, 0.25) is 0 Å². The van der Waals surface area contributed by atoms with Gasteiger partial charge in [0.15, 0.2) is 17.2 Å². The third kappa shape index (κ3) is 4.98. The van der Waals surface area contributed by atoms with E-state index in [1.54, 1.807) is 37.0 Å². The van der Waals surface area contributed by atoms with Crippen molar-refractivity contribution in [2.45, 2.75) is 19.5 Å². The highest BCUT2D eigenvalue weighted by atomic mass is 16.5. The Labute approximate surface area is 198 Å². The Bertz CT molecular complexity index is 1190.